The minimum absolute atomic E-state index is 0.0197. The fraction of sp³-hybridized carbons (Fsp3) is 0.660. The third-order valence-electron chi connectivity index (χ3n) is 14.2. The number of unbranched alkanes of at least 4 members (excludes halogenated alkanes) is 4. The van der Waals surface area contributed by atoms with E-state index in [1.807, 2.05) is 6.92 Å². The van der Waals surface area contributed by atoms with Crippen LogP contribution >= 0.6 is 22.6 Å². The Kier molecular flexibility index (Phi) is 24.2. The highest BCUT2D eigenvalue weighted by Gasteiger charge is 2.49. The third-order valence-corrected chi connectivity index (χ3v) is 16.3. The number of aliphatic hydroxyl groups is 3. The molecule has 2 aromatic heterocycles. The van der Waals surface area contributed by atoms with Crippen molar-refractivity contribution in [1.29, 1.82) is 0 Å². The molecule has 0 aliphatic carbocycles. The number of alkyl carbamates (subject to hydrolysis) is 1. The van der Waals surface area contributed by atoms with Gasteiger partial charge in [0.2, 0.25) is 35.4 Å². The van der Waals surface area contributed by atoms with Crippen molar-refractivity contribution in [3.05, 3.63) is 42.0 Å². The van der Waals surface area contributed by atoms with E-state index in [0.29, 0.717) is 35.3 Å². The van der Waals surface area contributed by atoms with E-state index in [4.69, 9.17) is 9.47 Å². The van der Waals surface area contributed by atoms with Crippen LogP contribution in [0.15, 0.2) is 30.6 Å². The molecule has 24 heteroatoms. The van der Waals surface area contributed by atoms with Crippen LogP contribution in [0.1, 0.15) is 149 Å². The Morgan fingerprint density at radius 3 is 2.31 bits per heavy atom. The Hall–Kier alpha value is -5.57. The monoisotopic (exact) mass is 1190 g/mol. The van der Waals surface area contributed by atoms with E-state index in [2.05, 4.69) is 95.2 Å². The number of ether oxygens (including phenoxy) is 2. The maximum atomic E-state index is 13.3. The summed E-state index contributed by atoms with van der Waals surface area (Å²) in [5.74, 6) is -2.21. The SMILES string of the molecule is CCCCCC(C)c1nc2ncnc(N[C@H]3O[C@@H](CO)[C@H](NC(=O)CCCCNC(=O)OCc4ccc(NC(=O)[C@H](C)NC(=O)[C@@H](NC(=O)CCN5C(=O)CC(C(I)(CC)CCCC)C5=O)C(C)C)cc4)[C@@H](O)[C@@H]3O)c2[nH]1. The zero-order valence-electron chi connectivity index (χ0n) is 45.4. The zero-order valence-corrected chi connectivity index (χ0v) is 47.5. The largest absolute Gasteiger partial charge is 0.445 e. The fourth-order valence-electron chi connectivity index (χ4n) is 9.33. The number of halogens is 1. The summed E-state index contributed by atoms with van der Waals surface area (Å²) in [5.41, 5.74) is 1.97. The number of imidazole rings is 1. The highest BCUT2D eigenvalue weighted by atomic mass is 127. The number of aromatic nitrogens is 4. The van der Waals surface area contributed by atoms with Crippen LogP contribution in [-0.2, 0) is 44.8 Å². The number of H-pyrrole nitrogens is 1. The number of alkyl halides is 1. The summed E-state index contributed by atoms with van der Waals surface area (Å²) in [6.45, 7) is 12.8. The highest BCUT2D eigenvalue weighted by molar-refractivity contribution is 14.1. The van der Waals surface area contributed by atoms with Crippen LogP contribution < -0.4 is 31.9 Å². The number of nitrogens with one attached hydrogen (secondary N) is 7. The van der Waals surface area contributed by atoms with Crippen molar-refractivity contribution in [2.75, 3.05) is 30.3 Å². The van der Waals surface area contributed by atoms with Gasteiger partial charge in [-0.15, -0.1) is 0 Å². The number of hydrogen-bond donors (Lipinski definition) is 10. The van der Waals surface area contributed by atoms with Gasteiger partial charge in [-0.1, -0.05) is 108 Å². The second-order valence-corrected chi connectivity index (χ2v) is 22.6. The van der Waals surface area contributed by atoms with Gasteiger partial charge in [0.1, 0.15) is 54.7 Å². The number of nitrogens with zero attached hydrogens (tertiary/aromatic N) is 4. The van der Waals surface area contributed by atoms with Crippen LogP contribution in [-0.4, -0.2) is 147 Å². The van der Waals surface area contributed by atoms with E-state index >= 15 is 0 Å². The Bertz CT molecular complexity index is 2460. The molecule has 4 heterocycles. The van der Waals surface area contributed by atoms with Crippen LogP contribution in [0, 0.1) is 11.8 Å². The molecule has 10 N–H and O–H groups in total. The van der Waals surface area contributed by atoms with Crippen molar-refractivity contribution in [1.82, 2.24) is 46.1 Å². The van der Waals surface area contributed by atoms with Gasteiger partial charge in [-0.3, -0.25) is 33.7 Å². The lowest BCUT2D eigenvalue weighted by Gasteiger charge is -2.42. The van der Waals surface area contributed by atoms with Crippen LogP contribution in [0.5, 0.6) is 0 Å². The van der Waals surface area contributed by atoms with Crippen molar-refractivity contribution in [3.63, 3.8) is 0 Å². The molecule has 0 saturated carbocycles. The quantitative estimate of drug-likeness (QED) is 0.0189. The van der Waals surface area contributed by atoms with Crippen molar-refractivity contribution < 1.29 is 58.4 Å². The molecule has 2 saturated heterocycles. The topological polar surface area (TPSA) is 329 Å². The number of carbonyl (C=O) groups is 7. The molecule has 5 rings (SSSR count). The Morgan fingerprint density at radius 1 is 0.909 bits per heavy atom. The van der Waals surface area contributed by atoms with Crippen molar-refractivity contribution in [3.8, 4) is 0 Å². The van der Waals surface area contributed by atoms with E-state index < -0.39 is 84.9 Å². The lowest BCUT2D eigenvalue weighted by molar-refractivity contribution is -0.185. The predicted octanol–water partition coefficient (Wildman–Crippen LogP) is 4.59. The molecule has 426 valence electrons. The molecule has 0 spiro atoms. The van der Waals surface area contributed by atoms with Crippen LogP contribution in [0.3, 0.4) is 0 Å². The first-order valence-electron chi connectivity index (χ1n) is 27.1. The molecule has 2 aliphatic heterocycles. The first-order chi connectivity index (χ1) is 36.7. The van der Waals surface area contributed by atoms with Gasteiger partial charge >= 0.3 is 6.09 Å². The van der Waals surface area contributed by atoms with E-state index in [1.165, 1.54) is 13.3 Å². The predicted molar refractivity (Wildman–Crippen MR) is 295 cm³/mol. The number of likely N-dealkylation sites (tertiary alicyclic amines) is 1. The molecule has 3 aromatic rings. The lowest BCUT2D eigenvalue weighted by Crippen LogP contribution is -2.65. The van der Waals surface area contributed by atoms with Gasteiger partial charge in [-0.25, -0.2) is 19.7 Å². The first kappa shape index (κ1) is 62.3. The van der Waals surface area contributed by atoms with Crippen molar-refractivity contribution >= 4 is 86.8 Å². The van der Waals surface area contributed by atoms with E-state index in [0.717, 1.165) is 62.1 Å². The minimum atomic E-state index is -1.52. The first-order valence-corrected chi connectivity index (χ1v) is 28.1. The van der Waals surface area contributed by atoms with Gasteiger partial charge in [-0.05, 0) is 62.6 Å². The number of aromatic amines is 1. The van der Waals surface area contributed by atoms with Crippen molar-refractivity contribution in [2.45, 2.75) is 191 Å². The Morgan fingerprint density at radius 2 is 1.64 bits per heavy atom. The van der Waals surface area contributed by atoms with Gasteiger partial charge in [0.05, 0.1) is 18.6 Å². The molecule has 0 radical (unpaired) electrons. The number of hydrogen-bond acceptors (Lipinski definition) is 16. The maximum absolute atomic E-state index is 13.3. The van der Waals surface area contributed by atoms with Crippen LogP contribution in [0.4, 0.5) is 16.3 Å². The summed E-state index contributed by atoms with van der Waals surface area (Å²) in [4.78, 5) is 109. The summed E-state index contributed by atoms with van der Waals surface area (Å²) in [6, 6.07) is 3.43. The molecule has 0 bridgehead atoms. The maximum Gasteiger partial charge on any atom is 0.407 e. The lowest BCUT2D eigenvalue weighted by atomic mass is 9.84. The average Bonchev–Trinajstić information content (AvgIpc) is 3.98. The number of aliphatic hydroxyl groups excluding tert-OH is 3. The molecule has 1 aromatic carbocycles. The van der Waals surface area contributed by atoms with E-state index in [9.17, 15) is 48.9 Å². The Balaban J connectivity index is 0.971. The number of imide groups is 1. The standard InChI is InChI=1S/C53H80IN11O12/c1-8-11-13-16-31(6)45-62-42-46(63-45)56-29-57-47(42)64-50-44(71)43(70)41(36(27-66)77-50)61-37(67)17-14-15-24-55-52(75)76-28-33-18-20-34(21-19-33)59-48(72)32(7)58-49(73)40(30(4)5)60-38(68)22-25-65-39(69)26-35(51(65)74)53(54,10-3)23-12-9-2/h18-21,29-32,35-36,40-41,43-44,50,66,70-71H,8-17,22-28H2,1-7H3,(H,55,75)(H,58,73)(H,59,72)(H,60,68)(H,61,67)(H2,56,57,62,63,64)/t31?,32-,35?,36-,40-,41-,43+,44-,50-,53?/m0/s1. The summed E-state index contributed by atoms with van der Waals surface area (Å²) in [7, 11) is 0. The molecule has 3 unspecified atom stereocenters. The molecule has 2 fully saturated rings. The number of benzene rings is 1. The molecule has 7 amide bonds. The second-order valence-electron chi connectivity index (χ2n) is 20.5. The fourth-order valence-corrected chi connectivity index (χ4v) is 10.2. The molecule has 2 aliphatic rings. The number of rotatable bonds is 30. The van der Waals surface area contributed by atoms with E-state index in [1.54, 1.807) is 38.1 Å². The van der Waals surface area contributed by atoms with Gasteiger partial charge in [0.25, 0.3) is 0 Å². The van der Waals surface area contributed by atoms with Crippen LogP contribution in [0.2, 0.25) is 0 Å². The molecule has 10 atom stereocenters. The smallest absolute Gasteiger partial charge is 0.407 e. The molecule has 23 nitrogen and oxygen atoms in total. The van der Waals surface area contributed by atoms with Gasteiger partial charge < -0.3 is 61.7 Å². The number of carbonyl (C=O) groups excluding carboxylic acids is 7. The summed E-state index contributed by atoms with van der Waals surface area (Å²) >= 11 is 2.32. The minimum Gasteiger partial charge on any atom is -0.445 e. The summed E-state index contributed by atoms with van der Waals surface area (Å²) in [6.07, 6.45) is 3.82. The third kappa shape index (κ3) is 17.5. The summed E-state index contributed by atoms with van der Waals surface area (Å²) < 4.78 is 10.9. The molecular formula is C53H80IN11O12. The normalized spacial score (nSPS) is 21.5. The van der Waals surface area contributed by atoms with Gasteiger partial charge in [0.15, 0.2) is 17.7 Å². The zero-order chi connectivity index (χ0) is 56.4. The molecular weight excluding hydrogens is 1110 g/mol. The van der Waals surface area contributed by atoms with Gasteiger partial charge in [0, 0.05) is 47.4 Å². The second kappa shape index (κ2) is 30.0. The van der Waals surface area contributed by atoms with E-state index in [-0.39, 0.29) is 71.8 Å². The Labute approximate surface area is 463 Å². The summed E-state index contributed by atoms with van der Waals surface area (Å²) in [5, 5.41) is 48.7. The highest BCUT2D eigenvalue weighted by Crippen LogP contribution is 2.43. The van der Waals surface area contributed by atoms with Gasteiger partial charge in [-0.2, -0.15) is 0 Å². The number of fused-ring (bicyclic) bond motifs is 1. The van der Waals surface area contributed by atoms with Crippen molar-refractivity contribution in [2.24, 2.45) is 11.8 Å². The number of anilines is 2. The van der Waals surface area contributed by atoms with Crippen LogP contribution in [0.25, 0.3) is 11.2 Å². The molecule has 77 heavy (non-hydrogen) atoms. The average molecular weight is 1190 g/mol. The number of amides is 7.